The normalized spacial score (nSPS) is 16.1. The predicted molar refractivity (Wildman–Crippen MR) is 91.3 cm³/mol. The van der Waals surface area contributed by atoms with Gasteiger partial charge in [0.15, 0.2) is 0 Å². The Hall–Kier alpha value is -2.59. The second kappa shape index (κ2) is 6.26. The van der Waals surface area contributed by atoms with Crippen LogP contribution >= 0.6 is 11.6 Å². The average molecular weight is 327 g/mol. The highest BCUT2D eigenvalue weighted by atomic mass is 35.5. The molecule has 0 spiro atoms. The molecule has 1 aliphatic rings. The molecule has 1 heterocycles. The van der Waals surface area contributed by atoms with Crippen molar-refractivity contribution in [1.29, 1.82) is 0 Å². The Labute approximate surface area is 139 Å². The molecular weight excluding hydrogens is 312 g/mol. The van der Waals surface area contributed by atoms with Crippen LogP contribution in [0.2, 0.25) is 5.02 Å². The number of anilines is 1. The third kappa shape index (κ3) is 3.12. The van der Waals surface area contributed by atoms with Crippen molar-refractivity contribution in [1.82, 2.24) is 5.32 Å². The van der Waals surface area contributed by atoms with Crippen LogP contribution in [-0.4, -0.2) is 11.9 Å². The number of rotatable bonds is 3. The number of hydrogen-bond donors (Lipinski definition) is 1. The van der Waals surface area contributed by atoms with E-state index in [-0.39, 0.29) is 5.70 Å². The lowest BCUT2D eigenvalue weighted by Crippen LogP contribution is -2.30. The second-order valence-electron chi connectivity index (χ2n) is 5.20. The van der Waals surface area contributed by atoms with Gasteiger partial charge in [0.25, 0.3) is 5.91 Å². The molecule has 1 N–H and O–H groups in total. The lowest BCUT2D eigenvalue weighted by molar-refractivity contribution is -0.113. The number of carbonyl (C=O) groups is 2. The molecule has 2 aromatic carbocycles. The maximum Gasteiger partial charge on any atom is 0.333 e. The Morgan fingerprint density at radius 3 is 2.52 bits per heavy atom. The van der Waals surface area contributed by atoms with E-state index in [1.807, 2.05) is 24.3 Å². The van der Waals surface area contributed by atoms with Crippen molar-refractivity contribution in [3.8, 4) is 0 Å². The van der Waals surface area contributed by atoms with Crippen LogP contribution in [0, 0.1) is 0 Å². The molecule has 3 rings (SSSR count). The fourth-order valence-electron chi connectivity index (χ4n) is 2.40. The average Bonchev–Trinajstić information content (AvgIpc) is 2.82. The van der Waals surface area contributed by atoms with Gasteiger partial charge in [-0.15, -0.1) is 0 Å². The van der Waals surface area contributed by atoms with Gasteiger partial charge in [0.1, 0.15) is 5.70 Å². The maximum absolute atomic E-state index is 12.5. The monoisotopic (exact) mass is 326 g/mol. The lowest BCUT2D eigenvalue weighted by atomic mass is 10.1. The largest absolute Gasteiger partial charge is 0.333 e. The fourth-order valence-corrected chi connectivity index (χ4v) is 2.59. The summed E-state index contributed by atoms with van der Waals surface area (Å²) in [5.41, 5.74) is 2.78. The summed E-state index contributed by atoms with van der Waals surface area (Å²) >= 11 is 5.93. The molecule has 0 atom stereocenters. The number of benzene rings is 2. The van der Waals surface area contributed by atoms with Crippen molar-refractivity contribution in [2.45, 2.75) is 13.3 Å². The molecule has 1 aliphatic heterocycles. The highest BCUT2D eigenvalue weighted by Crippen LogP contribution is 2.24. The van der Waals surface area contributed by atoms with Gasteiger partial charge in [-0.05, 0) is 41.8 Å². The fraction of sp³-hybridized carbons (Fsp3) is 0.111. The lowest BCUT2D eigenvalue weighted by Gasteiger charge is -2.11. The van der Waals surface area contributed by atoms with Crippen LogP contribution in [0.4, 0.5) is 10.5 Å². The molecule has 2 aromatic rings. The highest BCUT2D eigenvalue weighted by molar-refractivity contribution is 6.32. The molecule has 1 saturated heterocycles. The molecule has 116 valence electrons. The van der Waals surface area contributed by atoms with Gasteiger partial charge in [0.2, 0.25) is 0 Å². The number of nitrogens with zero attached hydrogens (tertiary/aromatic N) is 1. The van der Waals surface area contributed by atoms with Gasteiger partial charge in [-0.2, -0.15) is 0 Å². The number of amides is 3. The molecule has 0 saturated carbocycles. The molecule has 4 nitrogen and oxygen atoms in total. The van der Waals surface area contributed by atoms with Crippen LogP contribution in [0.3, 0.4) is 0 Å². The van der Waals surface area contributed by atoms with E-state index in [0.717, 1.165) is 16.9 Å². The van der Waals surface area contributed by atoms with Gasteiger partial charge in [-0.25, -0.2) is 9.69 Å². The molecule has 0 unspecified atom stereocenters. The van der Waals surface area contributed by atoms with Crippen molar-refractivity contribution < 1.29 is 9.59 Å². The summed E-state index contributed by atoms with van der Waals surface area (Å²) in [6, 6.07) is 14.0. The molecular formula is C18H15ClN2O2. The molecule has 3 amide bonds. The highest BCUT2D eigenvalue weighted by Gasteiger charge is 2.34. The first-order chi connectivity index (χ1) is 11.1. The van der Waals surface area contributed by atoms with E-state index in [0.29, 0.717) is 10.7 Å². The van der Waals surface area contributed by atoms with Gasteiger partial charge in [-0.3, -0.25) is 4.79 Å². The Bertz CT molecular complexity index is 797. The van der Waals surface area contributed by atoms with Crippen LogP contribution in [0.5, 0.6) is 0 Å². The number of aryl methyl sites for hydroxylation is 1. The van der Waals surface area contributed by atoms with E-state index < -0.39 is 11.9 Å². The predicted octanol–water partition coefficient (Wildman–Crippen LogP) is 4.00. The zero-order chi connectivity index (χ0) is 16.4. The standard InChI is InChI=1S/C18H15ClN2O2/c1-2-12-6-8-13(9-7-12)10-16-17(22)21(18(23)20-16)15-5-3-4-14(19)11-15/h3-11H,2H2,1H3,(H,20,23)/b16-10+. The first-order valence-electron chi connectivity index (χ1n) is 7.30. The first kappa shape index (κ1) is 15.3. The quantitative estimate of drug-likeness (QED) is 0.684. The smallest absolute Gasteiger partial charge is 0.302 e. The van der Waals surface area contributed by atoms with E-state index in [1.165, 1.54) is 5.56 Å². The first-order valence-corrected chi connectivity index (χ1v) is 7.68. The summed E-state index contributed by atoms with van der Waals surface area (Å²) in [5, 5.41) is 3.07. The van der Waals surface area contributed by atoms with Crippen LogP contribution in [-0.2, 0) is 11.2 Å². The van der Waals surface area contributed by atoms with Crippen molar-refractivity contribution >= 4 is 35.3 Å². The summed E-state index contributed by atoms with van der Waals surface area (Å²) in [6.45, 7) is 2.08. The third-order valence-electron chi connectivity index (χ3n) is 3.64. The molecule has 0 aromatic heterocycles. The maximum atomic E-state index is 12.5. The molecule has 23 heavy (non-hydrogen) atoms. The summed E-state index contributed by atoms with van der Waals surface area (Å²) in [6.07, 6.45) is 2.62. The van der Waals surface area contributed by atoms with Gasteiger partial charge >= 0.3 is 6.03 Å². The minimum absolute atomic E-state index is 0.249. The van der Waals surface area contributed by atoms with Gasteiger partial charge < -0.3 is 5.32 Å². The minimum atomic E-state index is -0.478. The number of hydrogen-bond acceptors (Lipinski definition) is 2. The van der Waals surface area contributed by atoms with E-state index in [2.05, 4.69) is 12.2 Å². The van der Waals surface area contributed by atoms with Crippen LogP contribution in [0.1, 0.15) is 18.1 Å². The van der Waals surface area contributed by atoms with E-state index in [4.69, 9.17) is 11.6 Å². The van der Waals surface area contributed by atoms with E-state index in [9.17, 15) is 9.59 Å². The molecule has 0 radical (unpaired) electrons. The minimum Gasteiger partial charge on any atom is -0.302 e. The van der Waals surface area contributed by atoms with Gasteiger partial charge in [0.05, 0.1) is 5.69 Å². The van der Waals surface area contributed by atoms with E-state index in [1.54, 1.807) is 30.3 Å². The van der Waals surface area contributed by atoms with Gasteiger partial charge in [0, 0.05) is 5.02 Å². The van der Waals surface area contributed by atoms with Gasteiger partial charge in [-0.1, -0.05) is 48.9 Å². The second-order valence-corrected chi connectivity index (χ2v) is 5.64. The summed E-state index contributed by atoms with van der Waals surface area (Å²) in [4.78, 5) is 25.7. The Kier molecular flexibility index (Phi) is 4.17. The molecule has 0 bridgehead atoms. The summed E-state index contributed by atoms with van der Waals surface area (Å²) < 4.78 is 0. The zero-order valence-electron chi connectivity index (χ0n) is 12.5. The Balaban J connectivity index is 1.89. The van der Waals surface area contributed by atoms with Crippen LogP contribution in [0.15, 0.2) is 54.2 Å². The van der Waals surface area contributed by atoms with Crippen molar-refractivity contribution in [2.75, 3.05) is 4.90 Å². The Morgan fingerprint density at radius 2 is 1.87 bits per heavy atom. The summed E-state index contributed by atoms with van der Waals surface area (Å²) in [5.74, 6) is -0.392. The zero-order valence-corrected chi connectivity index (χ0v) is 13.3. The van der Waals surface area contributed by atoms with Crippen molar-refractivity contribution in [2.24, 2.45) is 0 Å². The third-order valence-corrected chi connectivity index (χ3v) is 3.88. The van der Waals surface area contributed by atoms with Crippen molar-refractivity contribution in [3.63, 3.8) is 0 Å². The van der Waals surface area contributed by atoms with E-state index >= 15 is 0 Å². The summed E-state index contributed by atoms with van der Waals surface area (Å²) in [7, 11) is 0. The Morgan fingerprint density at radius 1 is 1.13 bits per heavy atom. The topological polar surface area (TPSA) is 49.4 Å². The van der Waals surface area contributed by atoms with Crippen LogP contribution in [0.25, 0.3) is 6.08 Å². The van der Waals surface area contributed by atoms with Crippen LogP contribution < -0.4 is 10.2 Å². The van der Waals surface area contributed by atoms with Crippen molar-refractivity contribution in [3.05, 3.63) is 70.4 Å². The SMILES string of the molecule is CCc1ccc(/C=C2/NC(=O)N(c3cccc(Cl)c3)C2=O)cc1. The number of nitrogens with one attached hydrogen (secondary N) is 1. The molecule has 5 heteroatoms. The number of halogens is 1. The molecule has 0 aliphatic carbocycles. The number of carbonyl (C=O) groups excluding carboxylic acids is 2. The molecule has 1 fully saturated rings. The number of imide groups is 1. The number of urea groups is 1.